The Balaban J connectivity index is 1.59. The van der Waals surface area contributed by atoms with Crippen LogP contribution < -0.4 is 5.32 Å². The third-order valence-corrected chi connectivity index (χ3v) is 4.64. The highest BCUT2D eigenvalue weighted by atomic mass is 16.2. The van der Waals surface area contributed by atoms with Gasteiger partial charge in [0.2, 0.25) is 0 Å². The quantitative estimate of drug-likeness (QED) is 0.578. The van der Waals surface area contributed by atoms with Gasteiger partial charge in [-0.15, -0.1) is 0 Å². The molecule has 0 aliphatic rings. The second kappa shape index (κ2) is 7.52. The van der Waals surface area contributed by atoms with Gasteiger partial charge < -0.3 is 5.32 Å². The molecule has 4 aromatic rings. The summed E-state index contributed by atoms with van der Waals surface area (Å²) in [7, 11) is 0. The van der Waals surface area contributed by atoms with Gasteiger partial charge in [0, 0.05) is 29.0 Å². The van der Waals surface area contributed by atoms with Gasteiger partial charge in [-0.05, 0) is 55.8 Å². The van der Waals surface area contributed by atoms with Crippen LogP contribution in [-0.2, 0) is 6.54 Å². The fourth-order valence-electron chi connectivity index (χ4n) is 3.14. The fourth-order valence-corrected chi connectivity index (χ4v) is 3.14. The first kappa shape index (κ1) is 18.3. The van der Waals surface area contributed by atoms with E-state index in [2.05, 4.69) is 26.4 Å². The summed E-state index contributed by atoms with van der Waals surface area (Å²) in [5.74, 6) is 0.320. The molecule has 7 nitrogen and oxygen atoms in total. The number of nitriles is 1. The third kappa shape index (κ3) is 3.69. The molecule has 0 bridgehead atoms. The highest BCUT2D eigenvalue weighted by Gasteiger charge is 2.14. The minimum atomic E-state index is -0.314. The Morgan fingerprint density at radius 1 is 1.17 bits per heavy atom. The first-order chi connectivity index (χ1) is 14.0. The molecule has 142 valence electrons. The van der Waals surface area contributed by atoms with Crippen molar-refractivity contribution in [2.45, 2.75) is 20.4 Å². The van der Waals surface area contributed by atoms with Crippen molar-refractivity contribution in [3.63, 3.8) is 0 Å². The maximum atomic E-state index is 12.5. The molecule has 0 unspecified atom stereocenters. The van der Waals surface area contributed by atoms with Crippen LogP contribution in [-0.4, -0.2) is 25.7 Å². The van der Waals surface area contributed by atoms with Gasteiger partial charge in [0.15, 0.2) is 5.82 Å². The Labute approximate surface area is 167 Å². The van der Waals surface area contributed by atoms with Crippen LogP contribution >= 0.6 is 0 Å². The summed E-state index contributed by atoms with van der Waals surface area (Å²) in [6, 6.07) is 15.3. The molecule has 0 aliphatic carbocycles. The Morgan fingerprint density at radius 3 is 2.83 bits per heavy atom. The number of hydrogen-bond donors (Lipinski definition) is 1. The van der Waals surface area contributed by atoms with Crippen LogP contribution in [0.25, 0.3) is 22.3 Å². The summed E-state index contributed by atoms with van der Waals surface area (Å²) < 4.78 is 1.36. The lowest BCUT2D eigenvalue weighted by Crippen LogP contribution is -2.18. The summed E-state index contributed by atoms with van der Waals surface area (Å²) in [6.45, 7) is 3.97. The zero-order chi connectivity index (χ0) is 20.4. The molecule has 2 aromatic carbocycles. The first-order valence-corrected chi connectivity index (χ1v) is 9.10. The number of nitrogens with one attached hydrogen (secondary N) is 1. The molecule has 2 heterocycles. The summed E-state index contributed by atoms with van der Waals surface area (Å²) >= 11 is 0. The Bertz CT molecular complexity index is 1270. The van der Waals surface area contributed by atoms with Crippen LogP contribution in [0.2, 0.25) is 0 Å². The zero-order valence-corrected chi connectivity index (χ0v) is 16.0. The number of nitrogens with zero attached hydrogens (tertiary/aromatic N) is 5. The van der Waals surface area contributed by atoms with Crippen molar-refractivity contribution in [3.8, 4) is 17.5 Å². The molecular weight excluding hydrogens is 364 g/mol. The van der Waals surface area contributed by atoms with Crippen LogP contribution in [0.3, 0.4) is 0 Å². The molecule has 29 heavy (non-hydrogen) atoms. The van der Waals surface area contributed by atoms with E-state index >= 15 is 0 Å². The van der Waals surface area contributed by atoms with Crippen molar-refractivity contribution in [1.29, 1.82) is 5.26 Å². The number of hydrogen-bond acceptors (Lipinski definition) is 5. The van der Waals surface area contributed by atoms with Gasteiger partial charge in [-0.25, -0.2) is 14.6 Å². The fraction of sp³-hybridized carbons (Fsp3) is 0.136. The lowest BCUT2D eigenvalue weighted by Gasteiger charge is -2.11. The standard InChI is InChI=1S/C22H18N6O/c1-14-3-5-19-17(11-14)13-24-21(26-19)16-4-6-18(15(2)12-16)27-22(29)20-7-9-25-28(20)10-8-23/h3-7,9,11-13H,10H2,1-2H3,(H,27,29). The van der Waals surface area contributed by atoms with Gasteiger partial charge in [-0.3, -0.25) is 4.79 Å². The zero-order valence-electron chi connectivity index (χ0n) is 16.0. The molecule has 4 rings (SSSR count). The molecule has 0 atom stereocenters. The molecule has 7 heteroatoms. The molecule has 0 fully saturated rings. The van der Waals surface area contributed by atoms with Gasteiger partial charge in [0.05, 0.1) is 11.6 Å². The van der Waals surface area contributed by atoms with Crippen LogP contribution in [0.5, 0.6) is 0 Å². The Hall–Kier alpha value is -4.05. The monoisotopic (exact) mass is 382 g/mol. The van der Waals surface area contributed by atoms with Crippen molar-refractivity contribution >= 4 is 22.5 Å². The van der Waals surface area contributed by atoms with Crippen molar-refractivity contribution in [1.82, 2.24) is 19.7 Å². The maximum Gasteiger partial charge on any atom is 0.273 e. The lowest BCUT2D eigenvalue weighted by molar-refractivity contribution is 0.101. The highest BCUT2D eigenvalue weighted by Crippen LogP contribution is 2.24. The first-order valence-electron chi connectivity index (χ1n) is 9.10. The van der Waals surface area contributed by atoms with E-state index in [9.17, 15) is 4.79 Å². The van der Waals surface area contributed by atoms with E-state index in [1.54, 1.807) is 6.07 Å². The van der Waals surface area contributed by atoms with Gasteiger partial charge in [0.1, 0.15) is 12.2 Å². The van der Waals surface area contributed by atoms with E-state index in [0.717, 1.165) is 22.0 Å². The van der Waals surface area contributed by atoms with Crippen molar-refractivity contribution in [3.05, 3.63) is 71.7 Å². The number of fused-ring (bicyclic) bond motifs is 1. The molecule has 1 amide bonds. The summed E-state index contributed by atoms with van der Waals surface area (Å²) in [5, 5.41) is 16.7. The maximum absolute atomic E-state index is 12.5. The van der Waals surface area contributed by atoms with E-state index in [1.165, 1.54) is 16.4 Å². The van der Waals surface area contributed by atoms with Gasteiger partial charge >= 0.3 is 0 Å². The minimum absolute atomic E-state index is 0.0203. The largest absolute Gasteiger partial charge is 0.320 e. The van der Waals surface area contributed by atoms with Crippen LogP contribution in [0.1, 0.15) is 21.6 Å². The number of anilines is 1. The number of benzene rings is 2. The molecule has 0 saturated carbocycles. The summed E-state index contributed by atoms with van der Waals surface area (Å²) in [6.07, 6.45) is 3.33. The lowest BCUT2D eigenvalue weighted by atomic mass is 10.1. The van der Waals surface area contributed by atoms with Crippen molar-refractivity contribution < 1.29 is 4.79 Å². The minimum Gasteiger partial charge on any atom is -0.320 e. The number of amides is 1. The van der Waals surface area contributed by atoms with Crippen molar-refractivity contribution in [2.24, 2.45) is 0 Å². The Kier molecular flexibility index (Phi) is 4.75. The SMILES string of the molecule is Cc1ccc2nc(-c3ccc(NC(=O)c4ccnn4CC#N)c(C)c3)ncc2c1. The molecule has 0 radical (unpaired) electrons. The number of rotatable bonds is 4. The summed E-state index contributed by atoms with van der Waals surface area (Å²) in [4.78, 5) is 21.7. The van der Waals surface area contributed by atoms with Crippen LogP contribution in [0.4, 0.5) is 5.69 Å². The van der Waals surface area contributed by atoms with Gasteiger partial charge in [-0.2, -0.15) is 10.4 Å². The normalized spacial score (nSPS) is 10.7. The van der Waals surface area contributed by atoms with Gasteiger partial charge in [-0.1, -0.05) is 11.6 Å². The second-order valence-corrected chi connectivity index (χ2v) is 6.77. The molecular formula is C22H18N6O. The molecule has 0 spiro atoms. The predicted octanol–water partition coefficient (Wildman–Crippen LogP) is 3.89. The molecule has 2 aromatic heterocycles. The van der Waals surface area contributed by atoms with Gasteiger partial charge in [0.25, 0.3) is 5.91 Å². The second-order valence-electron chi connectivity index (χ2n) is 6.77. The molecule has 1 N–H and O–H groups in total. The number of carbonyl (C=O) groups is 1. The highest BCUT2D eigenvalue weighted by molar-refractivity contribution is 6.03. The van der Waals surface area contributed by atoms with Crippen LogP contribution in [0.15, 0.2) is 54.9 Å². The van der Waals surface area contributed by atoms with Crippen molar-refractivity contribution in [2.75, 3.05) is 5.32 Å². The summed E-state index contributed by atoms with van der Waals surface area (Å²) in [5.41, 5.74) is 4.83. The van der Waals surface area contributed by atoms with E-state index in [4.69, 9.17) is 5.26 Å². The third-order valence-electron chi connectivity index (χ3n) is 4.64. The van der Waals surface area contributed by atoms with E-state index in [0.29, 0.717) is 17.2 Å². The topological polar surface area (TPSA) is 96.5 Å². The van der Waals surface area contributed by atoms with E-state index in [-0.39, 0.29) is 12.5 Å². The molecule has 0 saturated heterocycles. The van der Waals surface area contributed by atoms with Crippen LogP contribution in [0, 0.1) is 25.2 Å². The smallest absolute Gasteiger partial charge is 0.273 e. The van der Waals surface area contributed by atoms with E-state index in [1.807, 2.05) is 56.4 Å². The average molecular weight is 382 g/mol. The number of aromatic nitrogens is 4. The Morgan fingerprint density at radius 2 is 2.03 bits per heavy atom. The molecule has 0 aliphatic heterocycles. The number of aryl methyl sites for hydroxylation is 2. The van der Waals surface area contributed by atoms with E-state index < -0.39 is 0 Å². The number of carbonyl (C=O) groups excluding carboxylic acids is 1. The average Bonchev–Trinajstić information content (AvgIpc) is 3.18. The predicted molar refractivity (Wildman–Crippen MR) is 110 cm³/mol.